The highest BCUT2D eigenvalue weighted by Gasteiger charge is 2.11. The molecule has 0 saturated carbocycles. The molecule has 4 nitrogen and oxygen atoms in total. The summed E-state index contributed by atoms with van der Waals surface area (Å²) in [5, 5.41) is 11.2. The SMILES string of the molecule is C=C(C)CSc1nnc(SCC(=O)N[C@@H](C)c2ccccc2)s1. The molecule has 0 aliphatic carbocycles. The summed E-state index contributed by atoms with van der Waals surface area (Å²) in [7, 11) is 0. The second-order valence-electron chi connectivity index (χ2n) is 5.07. The molecule has 2 aromatic rings. The lowest BCUT2D eigenvalue weighted by Gasteiger charge is -2.13. The fourth-order valence-electron chi connectivity index (χ4n) is 1.73. The third-order valence-electron chi connectivity index (χ3n) is 2.83. The molecule has 1 N–H and O–H groups in total. The van der Waals surface area contributed by atoms with Gasteiger partial charge in [-0.05, 0) is 19.4 Å². The second kappa shape index (κ2) is 9.10. The zero-order chi connectivity index (χ0) is 16.7. The van der Waals surface area contributed by atoms with Gasteiger partial charge >= 0.3 is 0 Å². The molecule has 0 aliphatic rings. The Kier molecular flexibility index (Phi) is 7.14. The van der Waals surface area contributed by atoms with Crippen molar-refractivity contribution in [1.82, 2.24) is 15.5 Å². The van der Waals surface area contributed by atoms with E-state index in [1.54, 1.807) is 11.8 Å². The third-order valence-corrected chi connectivity index (χ3v) is 6.25. The standard InChI is InChI=1S/C16H19N3OS3/c1-11(2)9-21-15-18-19-16(23-15)22-10-14(20)17-12(3)13-7-5-4-6-8-13/h4-8,12H,1,9-10H2,2-3H3,(H,17,20)/t12-/m0/s1. The molecule has 0 radical (unpaired) electrons. The van der Waals surface area contributed by atoms with Gasteiger partial charge in [0.15, 0.2) is 8.68 Å². The average Bonchev–Trinajstić information content (AvgIpc) is 3.00. The van der Waals surface area contributed by atoms with Gasteiger partial charge in [-0.15, -0.1) is 10.2 Å². The van der Waals surface area contributed by atoms with E-state index >= 15 is 0 Å². The normalized spacial score (nSPS) is 11.9. The number of nitrogens with zero attached hydrogens (tertiary/aromatic N) is 2. The molecule has 0 saturated heterocycles. The molecule has 2 rings (SSSR count). The van der Waals surface area contributed by atoms with E-state index in [0.29, 0.717) is 5.75 Å². The Morgan fingerprint density at radius 3 is 2.43 bits per heavy atom. The predicted molar refractivity (Wildman–Crippen MR) is 99.2 cm³/mol. The lowest BCUT2D eigenvalue weighted by Crippen LogP contribution is -2.28. The van der Waals surface area contributed by atoms with Gasteiger partial charge in [-0.1, -0.05) is 77.3 Å². The van der Waals surface area contributed by atoms with Crippen molar-refractivity contribution in [2.75, 3.05) is 11.5 Å². The number of nitrogens with one attached hydrogen (secondary N) is 1. The molecule has 7 heteroatoms. The number of carbonyl (C=O) groups excluding carboxylic acids is 1. The zero-order valence-electron chi connectivity index (χ0n) is 13.1. The molecule has 1 atom stereocenters. The lowest BCUT2D eigenvalue weighted by molar-refractivity contribution is -0.119. The molecular formula is C16H19N3OS3. The molecule has 1 aromatic heterocycles. The van der Waals surface area contributed by atoms with Crippen molar-refractivity contribution in [1.29, 1.82) is 0 Å². The van der Waals surface area contributed by atoms with Gasteiger partial charge in [0, 0.05) is 5.75 Å². The van der Waals surface area contributed by atoms with Crippen molar-refractivity contribution in [3.8, 4) is 0 Å². The van der Waals surface area contributed by atoms with E-state index in [1.807, 2.05) is 44.2 Å². The van der Waals surface area contributed by atoms with E-state index in [9.17, 15) is 4.79 Å². The molecule has 0 unspecified atom stereocenters. The van der Waals surface area contributed by atoms with Crippen molar-refractivity contribution in [3.05, 3.63) is 48.0 Å². The van der Waals surface area contributed by atoms with Crippen LogP contribution in [-0.4, -0.2) is 27.6 Å². The maximum atomic E-state index is 12.0. The van der Waals surface area contributed by atoms with Crippen molar-refractivity contribution in [2.24, 2.45) is 0 Å². The van der Waals surface area contributed by atoms with E-state index < -0.39 is 0 Å². The monoisotopic (exact) mass is 365 g/mol. The number of carbonyl (C=O) groups is 1. The van der Waals surface area contributed by atoms with Crippen LogP contribution in [0.2, 0.25) is 0 Å². The lowest BCUT2D eigenvalue weighted by atomic mass is 10.1. The van der Waals surface area contributed by atoms with E-state index in [0.717, 1.165) is 25.6 Å². The molecule has 1 heterocycles. The van der Waals surface area contributed by atoms with Crippen LogP contribution < -0.4 is 5.32 Å². The van der Waals surface area contributed by atoms with Gasteiger partial charge in [-0.25, -0.2) is 0 Å². The van der Waals surface area contributed by atoms with Crippen molar-refractivity contribution < 1.29 is 4.79 Å². The summed E-state index contributed by atoms with van der Waals surface area (Å²) in [6, 6.07) is 9.92. The molecule has 0 bridgehead atoms. The van der Waals surface area contributed by atoms with Crippen molar-refractivity contribution in [2.45, 2.75) is 28.6 Å². The van der Waals surface area contributed by atoms with E-state index in [1.165, 1.54) is 23.1 Å². The van der Waals surface area contributed by atoms with Crippen LogP contribution in [0.1, 0.15) is 25.5 Å². The molecule has 23 heavy (non-hydrogen) atoms. The number of rotatable bonds is 8. The summed E-state index contributed by atoms with van der Waals surface area (Å²) in [5.41, 5.74) is 2.20. The Bertz CT molecular complexity index is 658. The minimum absolute atomic E-state index is 0.000373. The van der Waals surface area contributed by atoms with Gasteiger partial charge in [0.1, 0.15) is 0 Å². The number of amides is 1. The van der Waals surface area contributed by atoms with Gasteiger partial charge in [-0.2, -0.15) is 0 Å². The van der Waals surface area contributed by atoms with Gasteiger partial charge in [0.2, 0.25) is 5.91 Å². The minimum Gasteiger partial charge on any atom is -0.349 e. The Morgan fingerprint density at radius 1 is 1.22 bits per heavy atom. The van der Waals surface area contributed by atoms with Crippen molar-refractivity contribution in [3.63, 3.8) is 0 Å². The highest BCUT2D eigenvalue weighted by atomic mass is 32.2. The van der Waals surface area contributed by atoms with Gasteiger partial charge in [0.05, 0.1) is 11.8 Å². The molecule has 122 valence electrons. The van der Waals surface area contributed by atoms with Crippen LogP contribution in [0.4, 0.5) is 0 Å². The Balaban J connectivity index is 1.77. The molecule has 0 aliphatic heterocycles. The summed E-state index contributed by atoms with van der Waals surface area (Å²) in [6.07, 6.45) is 0. The van der Waals surface area contributed by atoms with Gasteiger partial charge < -0.3 is 5.32 Å². The van der Waals surface area contributed by atoms with Crippen LogP contribution in [0.15, 0.2) is 51.2 Å². The number of aromatic nitrogens is 2. The van der Waals surface area contributed by atoms with Gasteiger partial charge in [0.25, 0.3) is 0 Å². The van der Waals surface area contributed by atoms with Crippen LogP contribution in [-0.2, 0) is 4.79 Å². The zero-order valence-corrected chi connectivity index (χ0v) is 15.6. The molecule has 1 aromatic carbocycles. The predicted octanol–water partition coefficient (Wildman–Crippen LogP) is 4.18. The number of hydrogen-bond donors (Lipinski definition) is 1. The first-order valence-corrected chi connectivity index (χ1v) is 9.91. The van der Waals surface area contributed by atoms with E-state index in [2.05, 4.69) is 22.1 Å². The third kappa shape index (κ3) is 6.37. The smallest absolute Gasteiger partial charge is 0.230 e. The second-order valence-corrected chi connectivity index (χ2v) is 8.49. The van der Waals surface area contributed by atoms with Crippen molar-refractivity contribution >= 4 is 40.8 Å². The highest BCUT2D eigenvalue weighted by molar-refractivity contribution is 8.03. The van der Waals surface area contributed by atoms with Crippen LogP contribution in [0.3, 0.4) is 0 Å². The average molecular weight is 366 g/mol. The largest absolute Gasteiger partial charge is 0.349 e. The van der Waals surface area contributed by atoms with Crippen LogP contribution in [0.5, 0.6) is 0 Å². The maximum absolute atomic E-state index is 12.0. The number of thioether (sulfide) groups is 2. The first kappa shape index (κ1) is 18.0. The number of hydrogen-bond acceptors (Lipinski definition) is 6. The first-order valence-electron chi connectivity index (χ1n) is 7.12. The topological polar surface area (TPSA) is 54.9 Å². The maximum Gasteiger partial charge on any atom is 0.230 e. The van der Waals surface area contributed by atoms with E-state index in [-0.39, 0.29) is 11.9 Å². The Hall–Kier alpha value is -1.31. The summed E-state index contributed by atoms with van der Waals surface area (Å²) in [5.74, 6) is 1.18. The Morgan fingerprint density at radius 2 is 1.83 bits per heavy atom. The summed E-state index contributed by atoms with van der Waals surface area (Å²) in [4.78, 5) is 12.0. The summed E-state index contributed by atoms with van der Waals surface area (Å²) in [6.45, 7) is 7.84. The quantitative estimate of drug-likeness (QED) is 0.562. The molecule has 0 fully saturated rings. The minimum atomic E-state index is -0.00214. The van der Waals surface area contributed by atoms with Gasteiger partial charge in [-0.3, -0.25) is 4.79 Å². The molecule has 1 amide bonds. The fraction of sp³-hybridized carbons (Fsp3) is 0.312. The number of benzene rings is 1. The van der Waals surface area contributed by atoms with Crippen LogP contribution in [0, 0.1) is 0 Å². The molecular weight excluding hydrogens is 346 g/mol. The molecule has 0 spiro atoms. The highest BCUT2D eigenvalue weighted by Crippen LogP contribution is 2.29. The summed E-state index contributed by atoms with van der Waals surface area (Å²) >= 11 is 4.56. The fourth-order valence-corrected chi connectivity index (χ4v) is 4.41. The summed E-state index contributed by atoms with van der Waals surface area (Å²) < 4.78 is 1.73. The van der Waals surface area contributed by atoms with Crippen LogP contribution >= 0.6 is 34.9 Å². The Labute approximate surface area is 149 Å². The first-order chi connectivity index (χ1) is 11.0. The van der Waals surface area contributed by atoms with Crippen LogP contribution in [0.25, 0.3) is 0 Å². The van der Waals surface area contributed by atoms with E-state index in [4.69, 9.17) is 0 Å².